The van der Waals surface area contributed by atoms with E-state index >= 15 is 0 Å². The van der Waals surface area contributed by atoms with Crippen LogP contribution in [-0.2, 0) is 4.79 Å². The Morgan fingerprint density at radius 2 is 1.62 bits per heavy atom. The van der Waals surface area contributed by atoms with E-state index in [4.69, 9.17) is 32.4 Å². The highest BCUT2D eigenvalue weighted by molar-refractivity contribution is 6.36. The molecule has 120 valence electrons. The first-order valence-electron chi connectivity index (χ1n) is 7.26. The minimum absolute atomic E-state index is 0.0282. The highest BCUT2D eigenvalue weighted by atomic mass is 35.5. The Balaban J connectivity index is 2.07. The second kappa shape index (κ2) is 5.65. The van der Waals surface area contributed by atoms with Gasteiger partial charge >= 0.3 is 11.6 Å². The van der Waals surface area contributed by atoms with Crippen molar-refractivity contribution in [2.45, 2.75) is 12.3 Å². The second-order valence-corrected chi connectivity index (χ2v) is 6.31. The monoisotopic (exact) mass is 360 g/mol. The summed E-state index contributed by atoms with van der Waals surface area (Å²) >= 11 is 12.6. The Hall–Kier alpha value is -2.30. The van der Waals surface area contributed by atoms with Gasteiger partial charge in [0.1, 0.15) is 5.58 Å². The van der Waals surface area contributed by atoms with Crippen molar-refractivity contribution < 1.29 is 13.9 Å². The normalized spacial score (nSPS) is 16.8. The highest BCUT2D eigenvalue weighted by Crippen LogP contribution is 2.44. The SMILES string of the molecule is O=C1C[C@@H](c2c(Cl)cccc2Cl)c2c(c3ccccc3oc2=O)O1. The first kappa shape index (κ1) is 15.2. The molecule has 2 heterocycles. The maximum atomic E-state index is 12.5. The average molecular weight is 361 g/mol. The van der Waals surface area contributed by atoms with Gasteiger partial charge in [0, 0.05) is 16.0 Å². The molecule has 1 aromatic heterocycles. The predicted molar refractivity (Wildman–Crippen MR) is 91.0 cm³/mol. The molecule has 6 heteroatoms. The van der Waals surface area contributed by atoms with Gasteiger partial charge in [-0.2, -0.15) is 0 Å². The van der Waals surface area contributed by atoms with E-state index in [2.05, 4.69) is 0 Å². The lowest BCUT2D eigenvalue weighted by molar-refractivity contribution is -0.135. The molecule has 0 aliphatic carbocycles. The smallest absolute Gasteiger partial charge is 0.343 e. The number of para-hydroxylation sites is 1. The molecule has 0 N–H and O–H groups in total. The van der Waals surface area contributed by atoms with Crippen LogP contribution in [0.25, 0.3) is 11.0 Å². The predicted octanol–water partition coefficient (Wildman–Crippen LogP) is 4.54. The number of ether oxygens (including phenoxy) is 1. The zero-order chi connectivity index (χ0) is 16.8. The Morgan fingerprint density at radius 3 is 2.38 bits per heavy atom. The third-order valence-corrected chi connectivity index (χ3v) is 4.74. The summed E-state index contributed by atoms with van der Waals surface area (Å²) in [6, 6.07) is 12.0. The van der Waals surface area contributed by atoms with Crippen molar-refractivity contribution in [3.63, 3.8) is 0 Å². The number of carbonyl (C=O) groups is 1. The van der Waals surface area contributed by atoms with Crippen LogP contribution in [-0.4, -0.2) is 5.97 Å². The van der Waals surface area contributed by atoms with Gasteiger partial charge in [-0.3, -0.25) is 4.79 Å². The first-order valence-corrected chi connectivity index (χ1v) is 8.02. The number of fused-ring (bicyclic) bond motifs is 3. The fraction of sp³-hybridized carbons (Fsp3) is 0.111. The van der Waals surface area contributed by atoms with Crippen LogP contribution in [0, 0.1) is 0 Å². The van der Waals surface area contributed by atoms with Crippen LogP contribution in [0.3, 0.4) is 0 Å². The van der Waals surface area contributed by atoms with Crippen molar-refractivity contribution in [1.82, 2.24) is 0 Å². The molecule has 0 spiro atoms. The van der Waals surface area contributed by atoms with Gasteiger partial charge in [0.15, 0.2) is 5.75 Å². The van der Waals surface area contributed by atoms with Gasteiger partial charge in [-0.1, -0.05) is 41.4 Å². The molecule has 0 saturated heterocycles. The molecule has 0 saturated carbocycles. The Kier molecular flexibility index (Phi) is 3.59. The molecule has 0 amide bonds. The second-order valence-electron chi connectivity index (χ2n) is 5.49. The zero-order valence-corrected chi connectivity index (χ0v) is 13.7. The minimum atomic E-state index is -0.608. The van der Waals surface area contributed by atoms with Gasteiger partial charge in [-0.25, -0.2) is 4.79 Å². The quantitative estimate of drug-likeness (QED) is 0.472. The van der Waals surface area contributed by atoms with E-state index in [0.29, 0.717) is 26.6 Å². The van der Waals surface area contributed by atoms with Gasteiger partial charge in [-0.15, -0.1) is 0 Å². The largest absolute Gasteiger partial charge is 0.425 e. The fourth-order valence-corrected chi connectivity index (χ4v) is 3.72. The van der Waals surface area contributed by atoms with E-state index in [0.717, 1.165) is 0 Å². The number of benzene rings is 2. The summed E-state index contributed by atoms with van der Waals surface area (Å²) in [5, 5.41) is 1.34. The van der Waals surface area contributed by atoms with E-state index in [1.54, 1.807) is 42.5 Å². The van der Waals surface area contributed by atoms with Crippen molar-refractivity contribution in [2.24, 2.45) is 0 Å². The molecular weight excluding hydrogens is 351 g/mol. The number of carbonyl (C=O) groups excluding carboxylic acids is 1. The minimum Gasteiger partial charge on any atom is -0.425 e. The van der Waals surface area contributed by atoms with Gasteiger partial charge in [0.2, 0.25) is 0 Å². The van der Waals surface area contributed by atoms with E-state index in [1.165, 1.54) is 0 Å². The highest BCUT2D eigenvalue weighted by Gasteiger charge is 2.35. The fourth-order valence-electron chi connectivity index (χ4n) is 3.06. The van der Waals surface area contributed by atoms with E-state index in [1.807, 2.05) is 0 Å². The summed E-state index contributed by atoms with van der Waals surface area (Å²) < 4.78 is 10.8. The van der Waals surface area contributed by atoms with E-state index < -0.39 is 17.5 Å². The lowest BCUT2D eigenvalue weighted by Crippen LogP contribution is -2.27. The van der Waals surface area contributed by atoms with Crippen molar-refractivity contribution in [3.8, 4) is 5.75 Å². The standard InChI is InChI=1S/C18H10Cl2O4/c19-11-5-3-6-12(20)15(11)10-8-14(21)24-17-9-4-1-2-7-13(9)23-18(22)16(10)17/h1-7,10H,8H2/t10-/m0/s1. The van der Waals surface area contributed by atoms with E-state index in [9.17, 15) is 9.59 Å². The molecule has 1 atom stereocenters. The maximum absolute atomic E-state index is 12.5. The number of hydrogen-bond donors (Lipinski definition) is 0. The summed E-state index contributed by atoms with van der Waals surface area (Å²) in [4.78, 5) is 24.7. The molecule has 0 radical (unpaired) electrons. The average Bonchev–Trinajstić information content (AvgIpc) is 2.54. The molecule has 0 fully saturated rings. The molecule has 24 heavy (non-hydrogen) atoms. The number of hydrogen-bond acceptors (Lipinski definition) is 4. The van der Waals surface area contributed by atoms with E-state index in [-0.39, 0.29) is 17.7 Å². The summed E-state index contributed by atoms with van der Waals surface area (Å²) in [5.74, 6) is -0.832. The molecule has 1 aliphatic heterocycles. The van der Waals surface area contributed by atoms with Gasteiger partial charge in [0.05, 0.1) is 17.4 Å². The topological polar surface area (TPSA) is 56.5 Å². The van der Waals surface area contributed by atoms with Crippen LogP contribution >= 0.6 is 23.2 Å². The molecule has 2 aromatic carbocycles. The summed E-state index contributed by atoms with van der Waals surface area (Å²) in [6.07, 6.45) is -0.0282. The molecule has 0 unspecified atom stereocenters. The summed E-state index contributed by atoms with van der Waals surface area (Å²) in [6.45, 7) is 0. The number of halogens is 2. The molecule has 3 aromatic rings. The van der Waals surface area contributed by atoms with Gasteiger partial charge in [-0.05, 0) is 29.8 Å². The van der Waals surface area contributed by atoms with Gasteiger partial charge in [0.25, 0.3) is 0 Å². The van der Waals surface area contributed by atoms with Crippen LogP contribution in [0.5, 0.6) is 5.75 Å². The van der Waals surface area contributed by atoms with Crippen molar-refractivity contribution in [2.75, 3.05) is 0 Å². The van der Waals surface area contributed by atoms with Crippen molar-refractivity contribution in [3.05, 3.63) is 74.1 Å². The van der Waals surface area contributed by atoms with Crippen LogP contribution in [0.4, 0.5) is 0 Å². The molecule has 1 aliphatic rings. The summed E-state index contributed by atoms with van der Waals surface area (Å²) in [5.41, 5.74) is 0.599. The number of rotatable bonds is 1. The van der Waals surface area contributed by atoms with Crippen molar-refractivity contribution in [1.29, 1.82) is 0 Å². The Bertz CT molecular complexity index is 1020. The van der Waals surface area contributed by atoms with Crippen LogP contribution in [0.2, 0.25) is 10.0 Å². The maximum Gasteiger partial charge on any atom is 0.343 e. The first-order chi connectivity index (χ1) is 11.6. The summed E-state index contributed by atoms with van der Waals surface area (Å²) in [7, 11) is 0. The lowest BCUT2D eigenvalue weighted by atomic mass is 9.86. The number of esters is 1. The van der Waals surface area contributed by atoms with Crippen LogP contribution in [0.1, 0.15) is 23.5 Å². The Labute approximate surface area is 146 Å². The molecule has 4 rings (SSSR count). The van der Waals surface area contributed by atoms with Crippen LogP contribution < -0.4 is 10.4 Å². The molecule has 4 nitrogen and oxygen atoms in total. The molecule has 0 bridgehead atoms. The van der Waals surface area contributed by atoms with Crippen molar-refractivity contribution >= 4 is 40.1 Å². The Morgan fingerprint density at radius 1 is 0.917 bits per heavy atom. The molecular formula is C18H10Cl2O4. The van der Waals surface area contributed by atoms with Gasteiger partial charge < -0.3 is 9.15 Å². The third-order valence-electron chi connectivity index (χ3n) is 4.08. The third kappa shape index (κ3) is 2.30. The van der Waals surface area contributed by atoms with Crippen LogP contribution in [0.15, 0.2) is 51.7 Å². The lowest BCUT2D eigenvalue weighted by Gasteiger charge is -2.25. The zero-order valence-electron chi connectivity index (χ0n) is 12.2.